The first-order valence-electron chi connectivity index (χ1n) is 5.24. The number of carbonyl (C=O) groups is 1. The molecule has 1 N–H and O–H groups in total. The van der Waals surface area contributed by atoms with Crippen molar-refractivity contribution in [3.63, 3.8) is 0 Å². The fourth-order valence-electron chi connectivity index (χ4n) is 1.33. The minimum absolute atomic E-state index is 0.334. The van der Waals surface area contributed by atoms with Crippen LogP contribution < -0.4 is 5.32 Å². The van der Waals surface area contributed by atoms with Gasteiger partial charge in [-0.1, -0.05) is 18.2 Å². The van der Waals surface area contributed by atoms with Gasteiger partial charge < -0.3 is 10.1 Å². The number of carbonyl (C=O) groups excluding carboxylic acids is 1. The van der Waals surface area contributed by atoms with Crippen LogP contribution in [0.1, 0.15) is 17.4 Å². The zero-order chi connectivity index (χ0) is 12.1. The van der Waals surface area contributed by atoms with E-state index in [1.54, 1.807) is 12.4 Å². The van der Waals surface area contributed by atoms with Gasteiger partial charge in [0, 0.05) is 5.69 Å². The first-order chi connectivity index (χ1) is 8.31. The van der Waals surface area contributed by atoms with Crippen LogP contribution in [0, 0.1) is 0 Å². The lowest BCUT2D eigenvalue weighted by Crippen LogP contribution is -2.07. The molecule has 2 aromatic rings. The molecular weight excluding hydrogens is 236 g/mol. The summed E-state index contributed by atoms with van der Waals surface area (Å²) < 4.78 is 4.93. The quantitative estimate of drug-likeness (QED) is 0.845. The SMILES string of the molecule is CCOC(=O)c1ncsc1Nc1ccccc1. The van der Waals surface area contributed by atoms with Gasteiger partial charge in [-0.05, 0) is 19.1 Å². The zero-order valence-corrected chi connectivity index (χ0v) is 10.2. The number of esters is 1. The molecule has 0 amide bonds. The van der Waals surface area contributed by atoms with Crippen LogP contribution in [0.15, 0.2) is 35.8 Å². The van der Waals surface area contributed by atoms with Crippen LogP contribution in [0.4, 0.5) is 10.7 Å². The lowest BCUT2D eigenvalue weighted by atomic mass is 10.3. The minimum Gasteiger partial charge on any atom is -0.461 e. The molecule has 0 aliphatic carbocycles. The first-order valence-corrected chi connectivity index (χ1v) is 6.12. The summed E-state index contributed by atoms with van der Waals surface area (Å²) in [5.74, 6) is -0.396. The maximum Gasteiger partial charge on any atom is 0.360 e. The van der Waals surface area contributed by atoms with E-state index < -0.39 is 5.97 Å². The molecule has 4 nitrogen and oxygen atoms in total. The molecule has 0 saturated heterocycles. The van der Waals surface area contributed by atoms with Crippen molar-refractivity contribution in [2.75, 3.05) is 11.9 Å². The van der Waals surface area contributed by atoms with Crippen LogP contribution in [0.3, 0.4) is 0 Å². The third-order valence-electron chi connectivity index (χ3n) is 2.07. The number of hydrogen-bond donors (Lipinski definition) is 1. The fraction of sp³-hybridized carbons (Fsp3) is 0.167. The van der Waals surface area contributed by atoms with Gasteiger partial charge in [-0.25, -0.2) is 9.78 Å². The van der Waals surface area contributed by atoms with Crippen LogP contribution in [0.2, 0.25) is 0 Å². The number of nitrogens with zero attached hydrogens (tertiary/aromatic N) is 1. The van der Waals surface area contributed by atoms with E-state index in [0.29, 0.717) is 17.3 Å². The monoisotopic (exact) mass is 248 g/mol. The van der Waals surface area contributed by atoms with Crippen LogP contribution in [0.5, 0.6) is 0 Å². The van der Waals surface area contributed by atoms with Gasteiger partial charge in [0.25, 0.3) is 0 Å². The Morgan fingerprint density at radius 2 is 2.18 bits per heavy atom. The number of thiazole rings is 1. The zero-order valence-electron chi connectivity index (χ0n) is 9.34. The van der Waals surface area contributed by atoms with E-state index in [2.05, 4.69) is 10.3 Å². The second kappa shape index (κ2) is 5.45. The van der Waals surface area contributed by atoms with Crippen LogP contribution in [-0.4, -0.2) is 17.6 Å². The van der Waals surface area contributed by atoms with Gasteiger partial charge in [0.15, 0.2) is 5.69 Å². The maximum atomic E-state index is 11.6. The second-order valence-corrected chi connectivity index (χ2v) is 4.10. The lowest BCUT2D eigenvalue weighted by Gasteiger charge is -2.05. The molecule has 17 heavy (non-hydrogen) atoms. The van der Waals surface area contributed by atoms with Crippen molar-refractivity contribution in [1.29, 1.82) is 0 Å². The summed E-state index contributed by atoms with van der Waals surface area (Å²) in [5, 5.41) is 3.85. The molecule has 0 atom stereocenters. The lowest BCUT2D eigenvalue weighted by molar-refractivity contribution is 0.0521. The molecule has 1 heterocycles. The Morgan fingerprint density at radius 3 is 2.88 bits per heavy atom. The van der Waals surface area contributed by atoms with Gasteiger partial charge in [-0.15, -0.1) is 11.3 Å². The minimum atomic E-state index is -0.396. The molecule has 0 radical (unpaired) electrons. The van der Waals surface area contributed by atoms with Crippen molar-refractivity contribution >= 4 is 28.0 Å². The van der Waals surface area contributed by atoms with E-state index in [1.165, 1.54) is 11.3 Å². The van der Waals surface area contributed by atoms with E-state index >= 15 is 0 Å². The highest BCUT2D eigenvalue weighted by Gasteiger charge is 2.15. The number of aromatic nitrogens is 1. The van der Waals surface area contributed by atoms with Gasteiger partial charge in [0.1, 0.15) is 5.00 Å². The Morgan fingerprint density at radius 1 is 1.41 bits per heavy atom. The number of hydrogen-bond acceptors (Lipinski definition) is 5. The molecule has 0 fully saturated rings. The molecule has 2 rings (SSSR count). The third kappa shape index (κ3) is 2.82. The predicted molar refractivity (Wildman–Crippen MR) is 67.8 cm³/mol. The molecule has 0 aliphatic heterocycles. The van der Waals surface area contributed by atoms with Crippen LogP contribution in [0.25, 0.3) is 0 Å². The molecule has 0 bridgehead atoms. The first kappa shape index (κ1) is 11.6. The third-order valence-corrected chi connectivity index (χ3v) is 2.81. The predicted octanol–water partition coefficient (Wildman–Crippen LogP) is 3.06. The Labute approximate surface area is 103 Å². The normalized spacial score (nSPS) is 9.94. The summed E-state index contributed by atoms with van der Waals surface area (Å²) in [4.78, 5) is 15.6. The average molecular weight is 248 g/mol. The number of benzene rings is 1. The van der Waals surface area contributed by atoms with Crippen molar-refractivity contribution in [2.45, 2.75) is 6.92 Å². The molecule has 0 aliphatic rings. The molecule has 1 aromatic heterocycles. The summed E-state index contributed by atoms with van der Waals surface area (Å²) in [5.41, 5.74) is 2.88. The van der Waals surface area contributed by atoms with Crippen molar-refractivity contribution < 1.29 is 9.53 Å². The van der Waals surface area contributed by atoms with Gasteiger partial charge >= 0.3 is 5.97 Å². The highest BCUT2D eigenvalue weighted by Crippen LogP contribution is 2.25. The van der Waals surface area contributed by atoms with Crippen molar-refractivity contribution in [3.05, 3.63) is 41.5 Å². The van der Waals surface area contributed by atoms with Gasteiger partial charge in [0.05, 0.1) is 12.1 Å². The largest absolute Gasteiger partial charge is 0.461 e. The molecule has 0 unspecified atom stereocenters. The summed E-state index contributed by atoms with van der Waals surface area (Å²) in [6.45, 7) is 2.12. The highest BCUT2D eigenvalue weighted by molar-refractivity contribution is 7.14. The van der Waals surface area contributed by atoms with Crippen molar-refractivity contribution in [1.82, 2.24) is 4.98 Å². The van der Waals surface area contributed by atoms with E-state index in [-0.39, 0.29) is 0 Å². The molecular formula is C12H12N2O2S. The van der Waals surface area contributed by atoms with Crippen LogP contribution in [-0.2, 0) is 4.74 Å². The summed E-state index contributed by atoms with van der Waals surface area (Å²) in [6.07, 6.45) is 0. The molecule has 5 heteroatoms. The maximum absolute atomic E-state index is 11.6. The Bertz CT molecular complexity index is 496. The number of rotatable bonds is 4. The van der Waals surface area contributed by atoms with Crippen LogP contribution >= 0.6 is 11.3 Å². The number of anilines is 2. The van der Waals surface area contributed by atoms with Gasteiger partial charge in [-0.2, -0.15) is 0 Å². The molecule has 0 spiro atoms. The van der Waals surface area contributed by atoms with Gasteiger partial charge in [-0.3, -0.25) is 0 Å². The highest BCUT2D eigenvalue weighted by atomic mass is 32.1. The van der Waals surface area contributed by atoms with E-state index in [0.717, 1.165) is 5.69 Å². The van der Waals surface area contributed by atoms with Gasteiger partial charge in [0.2, 0.25) is 0 Å². The number of ether oxygens (including phenoxy) is 1. The number of para-hydroxylation sites is 1. The van der Waals surface area contributed by atoms with E-state index in [4.69, 9.17) is 4.74 Å². The Balaban J connectivity index is 2.17. The standard InChI is InChI=1S/C12H12N2O2S/c1-2-16-12(15)10-11(17-8-13-10)14-9-6-4-3-5-7-9/h3-8,14H,2H2,1H3. The van der Waals surface area contributed by atoms with Crippen molar-refractivity contribution in [3.8, 4) is 0 Å². The van der Waals surface area contributed by atoms with Crippen molar-refractivity contribution in [2.24, 2.45) is 0 Å². The average Bonchev–Trinajstić information content (AvgIpc) is 2.79. The smallest absolute Gasteiger partial charge is 0.360 e. The second-order valence-electron chi connectivity index (χ2n) is 3.24. The molecule has 1 aromatic carbocycles. The van der Waals surface area contributed by atoms with E-state index in [1.807, 2.05) is 30.3 Å². The molecule has 0 saturated carbocycles. The summed E-state index contributed by atoms with van der Waals surface area (Å²) in [6, 6.07) is 9.63. The topological polar surface area (TPSA) is 51.2 Å². The Kier molecular flexibility index (Phi) is 3.72. The molecule has 88 valence electrons. The summed E-state index contributed by atoms with van der Waals surface area (Å²) in [7, 11) is 0. The fourth-order valence-corrected chi connectivity index (χ4v) is 2.02. The number of nitrogens with one attached hydrogen (secondary N) is 1. The summed E-state index contributed by atoms with van der Waals surface area (Å²) >= 11 is 1.38. The Hall–Kier alpha value is -1.88. The van der Waals surface area contributed by atoms with E-state index in [9.17, 15) is 4.79 Å².